The summed E-state index contributed by atoms with van der Waals surface area (Å²) in [4.78, 5) is 44.0. The number of rotatable bonds is 5. The van der Waals surface area contributed by atoms with Crippen molar-refractivity contribution in [3.63, 3.8) is 0 Å². The molecule has 0 spiro atoms. The molecule has 7 nitrogen and oxygen atoms in total. The van der Waals surface area contributed by atoms with E-state index in [2.05, 4.69) is 10.3 Å². The average molecular weight is 474 g/mol. The quantitative estimate of drug-likeness (QED) is 0.547. The third-order valence-corrected chi connectivity index (χ3v) is 6.11. The molecule has 3 aromatic rings. The van der Waals surface area contributed by atoms with Gasteiger partial charge in [-0.1, -0.05) is 18.2 Å². The van der Waals surface area contributed by atoms with E-state index in [9.17, 15) is 14.4 Å². The minimum absolute atomic E-state index is 0.0290. The van der Waals surface area contributed by atoms with Gasteiger partial charge in [-0.25, -0.2) is 4.79 Å². The first kappa shape index (κ1) is 24.4. The maximum absolute atomic E-state index is 13.0. The van der Waals surface area contributed by atoms with Gasteiger partial charge in [0.2, 0.25) is 5.91 Å². The van der Waals surface area contributed by atoms with Crippen molar-refractivity contribution >= 4 is 28.7 Å². The van der Waals surface area contributed by atoms with E-state index in [0.717, 1.165) is 30.5 Å². The minimum atomic E-state index is -0.560. The second-order valence-corrected chi connectivity index (χ2v) is 9.93. The van der Waals surface area contributed by atoms with E-state index >= 15 is 0 Å². The lowest BCUT2D eigenvalue weighted by Crippen LogP contribution is -2.41. The number of pyridine rings is 1. The van der Waals surface area contributed by atoms with Crippen LogP contribution in [-0.2, 0) is 9.53 Å². The van der Waals surface area contributed by atoms with Crippen LogP contribution in [0.4, 0.5) is 0 Å². The molecule has 1 aliphatic rings. The molecule has 0 unspecified atom stereocenters. The van der Waals surface area contributed by atoms with Gasteiger partial charge in [-0.05, 0) is 82.0 Å². The molecular weight excluding hydrogens is 442 g/mol. The highest BCUT2D eigenvalue weighted by atomic mass is 16.6. The van der Waals surface area contributed by atoms with Crippen LogP contribution in [0.1, 0.15) is 61.3 Å². The maximum Gasteiger partial charge on any atom is 0.338 e. The van der Waals surface area contributed by atoms with Crippen LogP contribution < -0.4 is 5.32 Å². The van der Waals surface area contributed by atoms with Crippen molar-refractivity contribution in [3.05, 3.63) is 65.9 Å². The maximum atomic E-state index is 13.0. The molecule has 2 aromatic carbocycles. The van der Waals surface area contributed by atoms with Gasteiger partial charge in [-0.2, -0.15) is 0 Å². The Morgan fingerprint density at radius 2 is 1.77 bits per heavy atom. The normalized spacial score (nSPS) is 15.8. The Hall–Kier alpha value is -3.74. The fraction of sp³-hybridized carbons (Fsp3) is 0.357. The fourth-order valence-electron chi connectivity index (χ4n) is 4.32. The Labute approximate surface area is 205 Å². The van der Waals surface area contributed by atoms with E-state index in [-0.39, 0.29) is 30.4 Å². The number of hydrogen-bond acceptors (Lipinski definition) is 5. The smallest absolute Gasteiger partial charge is 0.338 e. The van der Waals surface area contributed by atoms with Crippen molar-refractivity contribution < 1.29 is 19.1 Å². The van der Waals surface area contributed by atoms with Crippen LogP contribution in [0.5, 0.6) is 0 Å². The van der Waals surface area contributed by atoms with Gasteiger partial charge in [0.15, 0.2) is 0 Å². The van der Waals surface area contributed by atoms with Crippen molar-refractivity contribution in [2.75, 3.05) is 13.1 Å². The molecule has 0 radical (unpaired) electrons. The molecule has 1 fully saturated rings. The Morgan fingerprint density at radius 1 is 1.06 bits per heavy atom. The summed E-state index contributed by atoms with van der Waals surface area (Å²) in [5.74, 6) is -0.744. The van der Waals surface area contributed by atoms with Crippen LogP contribution in [0.2, 0.25) is 0 Å². The summed E-state index contributed by atoms with van der Waals surface area (Å²) >= 11 is 0. The van der Waals surface area contributed by atoms with Gasteiger partial charge >= 0.3 is 5.97 Å². The molecule has 0 bridgehead atoms. The Morgan fingerprint density at radius 3 is 2.43 bits per heavy atom. The molecule has 1 saturated heterocycles. The third kappa shape index (κ3) is 5.67. The number of amides is 2. The number of esters is 1. The van der Waals surface area contributed by atoms with Gasteiger partial charge in [0.25, 0.3) is 5.91 Å². The van der Waals surface area contributed by atoms with E-state index in [4.69, 9.17) is 4.74 Å². The van der Waals surface area contributed by atoms with Crippen LogP contribution in [0.3, 0.4) is 0 Å². The average Bonchev–Trinajstić information content (AvgIpc) is 3.26. The fourth-order valence-corrected chi connectivity index (χ4v) is 4.32. The van der Waals surface area contributed by atoms with Crippen molar-refractivity contribution in [2.24, 2.45) is 0 Å². The first-order valence-electron chi connectivity index (χ1n) is 11.9. The molecule has 7 heteroatoms. The van der Waals surface area contributed by atoms with Crippen molar-refractivity contribution in [2.45, 2.75) is 52.2 Å². The summed E-state index contributed by atoms with van der Waals surface area (Å²) in [6, 6.07) is 14.7. The molecule has 1 aromatic heterocycles. The molecule has 1 aliphatic heterocycles. The topological polar surface area (TPSA) is 88.6 Å². The van der Waals surface area contributed by atoms with Crippen LogP contribution in [0.25, 0.3) is 22.0 Å². The van der Waals surface area contributed by atoms with Crippen LogP contribution >= 0.6 is 0 Å². The first-order chi connectivity index (χ1) is 16.6. The molecule has 35 heavy (non-hydrogen) atoms. The van der Waals surface area contributed by atoms with Crippen LogP contribution in [-0.4, -0.2) is 52.4 Å². The highest BCUT2D eigenvalue weighted by molar-refractivity contribution is 6.07. The first-order valence-corrected chi connectivity index (χ1v) is 11.9. The van der Waals surface area contributed by atoms with Gasteiger partial charge in [0.1, 0.15) is 5.60 Å². The van der Waals surface area contributed by atoms with E-state index in [1.807, 2.05) is 62.9 Å². The van der Waals surface area contributed by atoms with Gasteiger partial charge in [0.05, 0.1) is 23.2 Å². The molecule has 4 rings (SSSR count). The summed E-state index contributed by atoms with van der Waals surface area (Å²) in [7, 11) is 0. The number of ether oxygens (including phenoxy) is 1. The zero-order chi connectivity index (χ0) is 25.2. The Balaban J connectivity index is 1.53. The summed E-state index contributed by atoms with van der Waals surface area (Å²) < 4.78 is 5.43. The van der Waals surface area contributed by atoms with Gasteiger partial charge < -0.3 is 15.0 Å². The van der Waals surface area contributed by atoms with Crippen molar-refractivity contribution in [1.82, 2.24) is 15.2 Å². The highest BCUT2D eigenvalue weighted by Gasteiger charge is 2.25. The van der Waals surface area contributed by atoms with Gasteiger partial charge in [-0.15, -0.1) is 0 Å². The molecule has 1 N–H and O–H groups in total. The predicted octanol–water partition coefficient (Wildman–Crippen LogP) is 4.60. The van der Waals surface area contributed by atoms with E-state index in [1.54, 1.807) is 24.4 Å². The lowest BCUT2D eigenvalue weighted by atomic mass is 9.99. The number of fused-ring (bicyclic) bond motifs is 1. The summed E-state index contributed by atoms with van der Waals surface area (Å²) in [6.45, 7) is 8.24. The largest absolute Gasteiger partial charge is 0.456 e. The SMILES string of the molecule is C[C@@H]1CCCN1C(=O)CNC(=O)c1ccnc2ccc(-c3ccc(C(=O)OC(C)(C)C)cc3)cc12. The number of nitrogens with zero attached hydrogens (tertiary/aromatic N) is 2. The summed E-state index contributed by atoms with van der Waals surface area (Å²) in [6.07, 6.45) is 3.59. The van der Waals surface area contributed by atoms with Gasteiger partial charge in [0, 0.05) is 24.2 Å². The zero-order valence-electron chi connectivity index (χ0n) is 20.6. The molecule has 0 saturated carbocycles. The Bertz CT molecular complexity index is 1260. The number of carbonyl (C=O) groups excluding carboxylic acids is 3. The second-order valence-electron chi connectivity index (χ2n) is 9.93. The number of benzene rings is 2. The monoisotopic (exact) mass is 473 g/mol. The number of carbonyl (C=O) groups is 3. The lowest BCUT2D eigenvalue weighted by molar-refractivity contribution is -0.130. The third-order valence-electron chi connectivity index (χ3n) is 6.11. The van der Waals surface area contributed by atoms with Crippen LogP contribution in [0, 0.1) is 0 Å². The summed E-state index contributed by atoms with van der Waals surface area (Å²) in [5.41, 5.74) is 2.85. The number of aromatic nitrogens is 1. The highest BCUT2D eigenvalue weighted by Crippen LogP contribution is 2.26. The number of likely N-dealkylation sites (tertiary alicyclic amines) is 1. The van der Waals surface area contributed by atoms with E-state index in [1.165, 1.54) is 0 Å². The standard InChI is InChI=1S/C28H31N3O4/c1-18-6-5-15-31(18)25(32)17-30-26(33)22-13-14-29-24-12-11-21(16-23(22)24)19-7-9-20(10-8-19)27(34)35-28(2,3)4/h7-14,16,18H,5-6,15,17H2,1-4H3,(H,30,33)/t18-/m1/s1. The van der Waals surface area contributed by atoms with Crippen molar-refractivity contribution in [1.29, 1.82) is 0 Å². The molecule has 2 amide bonds. The van der Waals surface area contributed by atoms with E-state index < -0.39 is 5.60 Å². The van der Waals surface area contributed by atoms with Crippen LogP contribution in [0.15, 0.2) is 54.7 Å². The second kappa shape index (κ2) is 9.86. The van der Waals surface area contributed by atoms with Crippen molar-refractivity contribution in [3.8, 4) is 11.1 Å². The van der Waals surface area contributed by atoms with E-state index in [0.29, 0.717) is 22.0 Å². The zero-order valence-corrected chi connectivity index (χ0v) is 20.6. The predicted molar refractivity (Wildman–Crippen MR) is 135 cm³/mol. The molecule has 182 valence electrons. The van der Waals surface area contributed by atoms with Gasteiger partial charge in [-0.3, -0.25) is 14.6 Å². The summed E-state index contributed by atoms with van der Waals surface area (Å²) in [5, 5.41) is 3.47. The molecule has 0 aliphatic carbocycles. The Kier molecular flexibility index (Phi) is 6.87. The number of hydrogen-bond donors (Lipinski definition) is 1. The lowest BCUT2D eigenvalue weighted by Gasteiger charge is -2.21. The molecule has 1 atom stereocenters. The molecular formula is C28H31N3O4. The number of nitrogens with one attached hydrogen (secondary N) is 1. The minimum Gasteiger partial charge on any atom is -0.456 e. The molecule has 2 heterocycles.